The molecule has 0 aliphatic heterocycles. The molecule has 0 heterocycles. The van der Waals surface area contributed by atoms with Crippen LogP contribution >= 0.6 is 0 Å². The summed E-state index contributed by atoms with van der Waals surface area (Å²) >= 11 is 0. The normalized spacial score (nSPS) is 10.4. The van der Waals surface area contributed by atoms with Crippen molar-refractivity contribution >= 4 is 22.4 Å². The zero-order valence-corrected chi connectivity index (χ0v) is 12.4. The fraction of sp³-hybridized carbons (Fsp3) is 0.105. The Hall–Kier alpha value is -2.81. The van der Waals surface area contributed by atoms with E-state index < -0.39 is 0 Å². The highest BCUT2D eigenvalue weighted by atomic mass is 16.5. The monoisotopic (exact) mass is 291 g/mol. The minimum Gasteiger partial charge on any atom is -0.465 e. The molecule has 0 aliphatic rings. The standard InChI is InChI=1S/C19H17NO2/c1-22-19(21)17-8-4-5-14(11-17)13-20-18-10-9-15-6-2-3-7-16(15)12-18/h2-12,20H,13H2,1H3. The highest BCUT2D eigenvalue weighted by Gasteiger charge is 2.05. The van der Waals surface area contributed by atoms with Crippen molar-refractivity contribution in [3.05, 3.63) is 77.9 Å². The second-order valence-electron chi connectivity index (χ2n) is 5.11. The highest BCUT2D eigenvalue weighted by molar-refractivity contribution is 5.89. The molecular formula is C19H17NO2. The lowest BCUT2D eigenvalue weighted by Crippen LogP contribution is -2.04. The zero-order valence-electron chi connectivity index (χ0n) is 12.4. The van der Waals surface area contributed by atoms with Crippen molar-refractivity contribution in [3.8, 4) is 0 Å². The Morgan fingerprint density at radius 1 is 0.955 bits per heavy atom. The molecule has 3 nitrogen and oxygen atoms in total. The Labute approximate surface area is 129 Å². The lowest BCUT2D eigenvalue weighted by molar-refractivity contribution is 0.0600. The Morgan fingerprint density at radius 2 is 1.77 bits per heavy atom. The predicted octanol–water partition coefficient (Wildman–Crippen LogP) is 4.24. The molecule has 0 aliphatic carbocycles. The average molecular weight is 291 g/mol. The van der Waals surface area contributed by atoms with Crippen molar-refractivity contribution in [1.82, 2.24) is 0 Å². The number of fused-ring (bicyclic) bond motifs is 1. The smallest absolute Gasteiger partial charge is 0.337 e. The van der Waals surface area contributed by atoms with Crippen LogP contribution in [0.15, 0.2) is 66.7 Å². The third-order valence-electron chi connectivity index (χ3n) is 3.59. The third kappa shape index (κ3) is 3.09. The molecule has 3 aromatic rings. The minimum absolute atomic E-state index is 0.312. The van der Waals surface area contributed by atoms with Gasteiger partial charge in [0.1, 0.15) is 0 Å². The molecule has 0 saturated carbocycles. The van der Waals surface area contributed by atoms with Crippen LogP contribution in [0.4, 0.5) is 5.69 Å². The van der Waals surface area contributed by atoms with Crippen molar-refractivity contribution in [3.63, 3.8) is 0 Å². The summed E-state index contributed by atoms with van der Waals surface area (Å²) in [6, 6.07) is 22.0. The molecule has 3 aromatic carbocycles. The van der Waals surface area contributed by atoms with Crippen LogP contribution in [0.5, 0.6) is 0 Å². The van der Waals surface area contributed by atoms with Crippen LogP contribution < -0.4 is 5.32 Å². The number of esters is 1. The van der Waals surface area contributed by atoms with E-state index in [4.69, 9.17) is 4.74 Å². The largest absolute Gasteiger partial charge is 0.465 e. The molecule has 22 heavy (non-hydrogen) atoms. The minimum atomic E-state index is -0.312. The molecule has 0 fully saturated rings. The number of methoxy groups -OCH3 is 1. The topological polar surface area (TPSA) is 38.3 Å². The van der Waals surface area contributed by atoms with E-state index in [1.54, 1.807) is 6.07 Å². The predicted molar refractivity (Wildman–Crippen MR) is 89.1 cm³/mol. The SMILES string of the molecule is COC(=O)c1cccc(CNc2ccc3ccccc3c2)c1. The van der Waals surface area contributed by atoms with Crippen molar-refractivity contribution in [1.29, 1.82) is 0 Å². The molecule has 3 heteroatoms. The van der Waals surface area contributed by atoms with Crippen LogP contribution in [0.25, 0.3) is 10.8 Å². The van der Waals surface area contributed by atoms with E-state index in [1.807, 2.05) is 30.3 Å². The Balaban J connectivity index is 1.75. The molecular weight excluding hydrogens is 274 g/mol. The molecule has 1 N–H and O–H groups in total. The van der Waals surface area contributed by atoms with Crippen LogP contribution in [0.2, 0.25) is 0 Å². The summed E-state index contributed by atoms with van der Waals surface area (Å²) < 4.78 is 4.74. The maximum Gasteiger partial charge on any atom is 0.337 e. The average Bonchev–Trinajstić information content (AvgIpc) is 2.59. The highest BCUT2D eigenvalue weighted by Crippen LogP contribution is 2.19. The maximum absolute atomic E-state index is 11.5. The molecule has 0 radical (unpaired) electrons. The van der Waals surface area contributed by atoms with Crippen LogP contribution in [0, 0.1) is 0 Å². The van der Waals surface area contributed by atoms with E-state index >= 15 is 0 Å². The summed E-state index contributed by atoms with van der Waals surface area (Å²) in [5, 5.41) is 5.81. The van der Waals surface area contributed by atoms with Gasteiger partial charge in [-0.05, 0) is 40.6 Å². The van der Waals surface area contributed by atoms with E-state index in [-0.39, 0.29) is 5.97 Å². The van der Waals surface area contributed by atoms with E-state index in [0.29, 0.717) is 12.1 Å². The van der Waals surface area contributed by atoms with Gasteiger partial charge in [-0.1, -0.05) is 42.5 Å². The summed E-state index contributed by atoms with van der Waals surface area (Å²) in [7, 11) is 1.39. The fourth-order valence-corrected chi connectivity index (χ4v) is 2.43. The first kappa shape index (κ1) is 14.1. The van der Waals surface area contributed by atoms with Crippen LogP contribution in [0.3, 0.4) is 0 Å². The zero-order chi connectivity index (χ0) is 15.4. The molecule has 0 bridgehead atoms. The molecule has 0 unspecified atom stereocenters. The Bertz CT molecular complexity index is 811. The van der Waals surface area contributed by atoms with Crippen molar-refractivity contribution in [2.24, 2.45) is 0 Å². The number of carbonyl (C=O) groups excluding carboxylic acids is 1. The summed E-state index contributed by atoms with van der Waals surface area (Å²) in [6.07, 6.45) is 0. The molecule has 0 aromatic heterocycles. The van der Waals surface area contributed by atoms with Gasteiger partial charge in [0.15, 0.2) is 0 Å². The van der Waals surface area contributed by atoms with Gasteiger partial charge in [-0.25, -0.2) is 4.79 Å². The number of anilines is 1. The third-order valence-corrected chi connectivity index (χ3v) is 3.59. The summed E-state index contributed by atoms with van der Waals surface area (Å²) in [6.45, 7) is 0.656. The van der Waals surface area contributed by atoms with Crippen LogP contribution in [0.1, 0.15) is 15.9 Å². The molecule has 0 saturated heterocycles. The lowest BCUT2D eigenvalue weighted by atomic mass is 10.1. The van der Waals surface area contributed by atoms with E-state index in [9.17, 15) is 4.79 Å². The summed E-state index contributed by atoms with van der Waals surface area (Å²) in [5.41, 5.74) is 2.67. The first-order valence-electron chi connectivity index (χ1n) is 7.16. The Morgan fingerprint density at radius 3 is 2.59 bits per heavy atom. The number of ether oxygens (including phenoxy) is 1. The van der Waals surface area contributed by atoms with Crippen LogP contribution in [-0.2, 0) is 11.3 Å². The molecule has 0 atom stereocenters. The van der Waals surface area contributed by atoms with Gasteiger partial charge < -0.3 is 10.1 Å². The maximum atomic E-state index is 11.5. The quantitative estimate of drug-likeness (QED) is 0.731. The van der Waals surface area contributed by atoms with Gasteiger partial charge in [0.05, 0.1) is 12.7 Å². The van der Waals surface area contributed by atoms with E-state index in [1.165, 1.54) is 17.9 Å². The van der Waals surface area contributed by atoms with Gasteiger partial charge in [-0.2, -0.15) is 0 Å². The van der Waals surface area contributed by atoms with Gasteiger partial charge in [0.2, 0.25) is 0 Å². The first-order valence-corrected chi connectivity index (χ1v) is 7.16. The molecule has 0 amide bonds. The second-order valence-corrected chi connectivity index (χ2v) is 5.11. The molecule has 110 valence electrons. The van der Waals surface area contributed by atoms with Crippen molar-refractivity contribution in [2.45, 2.75) is 6.54 Å². The van der Waals surface area contributed by atoms with E-state index in [0.717, 1.165) is 11.3 Å². The number of hydrogen-bond donors (Lipinski definition) is 1. The van der Waals surface area contributed by atoms with Crippen LogP contribution in [-0.4, -0.2) is 13.1 Å². The second kappa shape index (κ2) is 6.31. The van der Waals surface area contributed by atoms with Gasteiger partial charge in [0.25, 0.3) is 0 Å². The van der Waals surface area contributed by atoms with Gasteiger partial charge in [-0.3, -0.25) is 0 Å². The first-order chi connectivity index (χ1) is 10.8. The van der Waals surface area contributed by atoms with Gasteiger partial charge in [-0.15, -0.1) is 0 Å². The molecule has 0 spiro atoms. The summed E-state index contributed by atoms with van der Waals surface area (Å²) in [4.78, 5) is 11.5. The number of nitrogens with one attached hydrogen (secondary N) is 1. The Kier molecular flexibility index (Phi) is 4.05. The van der Waals surface area contributed by atoms with Crippen molar-refractivity contribution in [2.75, 3.05) is 12.4 Å². The number of benzene rings is 3. The van der Waals surface area contributed by atoms with E-state index in [2.05, 4.69) is 35.6 Å². The number of rotatable bonds is 4. The lowest BCUT2D eigenvalue weighted by Gasteiger charge is -2.09. The number of carbonyl (C=O) groups is 1. The van der Waals surface area contributed by atoms with Gasteiger partial charge >= 0.3 is 5.97 Å². The van der Waals surface area contributed by atoms with Gasteiger partial charge in [0, 0.05) is 12.2 Å². The molecule has 3 rings (SSSR count). The summed E-state index contributed by atoms with van der Waals surface area (Å²) in [5.74, 6) is -0.312. The van der Waals surface area contributed by atoms with Crippen molar-refractivity contribution < 1.29 is 9.53 Å². The number of hydrogen-bond acceptors (Lipinski definition) is 3. The fourth-order valence-electron chi connectivity index (χ4n) is 2.43.